The van der Waals surface area contributed by atoms with Crippen molar-refractivity contribution in [3.05, 3.63) is 35.4 Å². The number of rotatable bonds is 2. The number of benzene rings is 1. The standard InChI is InChI=1S/C10H12BO3/c1-11(13)14-10-8-5-3-2-4-7(8)6-9(10)12/h2-5,9-10,12H,6H2,1H3/q-1/t9-,10+/m1/s1. The highest BCUT2D eigenvalue weighted by Gasteiger charge is 2.30. The van der Waals surface area contributed by atoms with Gasteiger partial charge < -0.3 is 14.8 Å². The minimum Gasteiger partial charge on any atom is -0.856 e. The molecule has 1 aliphatic rings. The zero-order valence-electron chi connectivity index (χ0n) is 8.01. The molecule has 1 aromatic carbocycles. The third kappa shape index (κ3) is 1.69. The molecule has 1 N–H and O–H groups in total. The Balaban J connectivity index is 2.25. The van der Waals surface area contributed by atoms with Gasteiger partial charge in [0.15, 0.2) is 7.12 Å². The van der Waals surface area contributed by atoms with Crippen LogP contribution in [0.5, 0.6) is 0 Å². The summed E-state index contributed by atoms with van der Waals surface area (Å²) in [5, 5.41) is 20.6. The van der Waals surface area contributed by atoms with Gasteiger partial charge in [-0.05, 0) is 11.1 Å². The van der Waals surface area contributed by atoms with Crippen LogP contribution in [-0.2, 0) is 11.1 Å². The van der Waals surface area contributed by atoms with E-state index in [-0.39, 0.29) is 0 Å². The molecule has 0 spiro atoms. The van der Waals surface area contributed by atoms with Gasteiger partial charge in [-0.15, -0.1) is 0 Å². The van der Waals surface area contributed by atoms with Gasteiger partial charge in [-0.25, -0.2) is 0 Å². The molecule has 0 saturated carbocycles. The summed E-state index contributed by atoms with van der Waals surface area (Å²) in [6, 6.07) is 7.67. The van der Waals surface area contributed by atoms with E-state index in [0.717, 1.165) is 11.1 Å². The Bertz CT molecular complexity index is 327. The maximum Gasteiger partial charge on any atom is 0.180 e. The molecule has 0 amide bonds. The molecule has 4 heteroatoms. The molecule has 2 atom stereocenters. The molecule has 1 aromatic rings. The fourth-order valence-corrected chi connectivity index (χ4v) is 1.91. The van der Waals surface area contributed by atoms with Crippen LogP contribution < -0.4 is 5.02 Å². The Morgan fingerprint density at radius 1 is 1.50 bits per heavy atom. The van der Waals surface area contributed by atoms with E-state index < -0.39 is 19.3 Å². The molecule has 0 aromatic heterocycles. The Labute approximate surface area is 83.5 Å². The first-order chi connectivity index (χ1) is 6.68. The molecule has 0 heterocycles. The lowest BCUT2D eigenvalue weighted by atomic mass is 9.95. The zero-order valence-corrected chi connectivity index (χ0v) is 8.01. The lowest BCUT2D eigenvalue weighted by molar-refractivity contribution is -0.228. The van der Waals surface area contributed by atoms with E-state index in [2.05, 4.69) is 0 Å². The average Bonchev–Trinajstić information content (AvgIpc) is 2.43. The summed E-state index contributed by atoms with van der Waals surface area (Å²) >= 11 is 0. The first kappa shape index (κ1) is 9.71. The van der Waals surface area contributed by atoms with Crippen molar-refractivity contribution in [3.63, 3.8) is 0 Å². The smallest absolute Gasteiger partial charge is 0.180 e. The maximum atomic E-state index is 10.9. The van der Waals surface area contributed by atoms with Crippen molar-refractivity contribution >= 4 is 7.12 Å². The van der Waals surface area contributed by atoms with E-state index in [1.54, 1.807) is 0 Å². The third-order valence-electron chi connectivity index (χ3n) is 2.48. The molecule has 14 heavy (non-hydrogen) atoms. The molecule has 2 rings (SSSR count). The van der Waals surface area contributed by atoms with Gasteiger partial charge in [-0.2, -0.15) is 0 Å². The summed E-state index contributed by atoms with van der Waals surface area (Å²) in [5.74, 6) is 0. The van der Waals surface area contributed by atoms with Crippen molar-refractivity contribution < 1.29 is 14.8 Å². The molecule has 3 nitrogen and oxygen atoms in total. The second-order valence-corrected chi connectivity index (χ2v) is 3.59. The number of hydrogen-bond donors (Lipinski definition) is 1. The molecule has 0 saturated heterocycles. The number of aliphatic hydroxyl groups excluding tert-OH is 1. The van der Waals surface area contributed by atoms with E-state index >= 15 is 0 Å². The predicted molar refractivity (Wildman–Crippen MR) is 51.6 cm³/mol. The average molecular weight is 191 g/mol. The monoisotopic (exact) mass is 191 g/mol. The topological polar surface area (TPSA) is 52.5 Å². The normalized spacial score (nSPS) is 24.8. The van der Waals surface area contributed by atoms with Gasteiger partial charge in [0.2, 0.25) is 0 Å². The molecule has 1 aliphatic carbocycles. The third-order valence-corrected chi connectivity index (χ3v) is 2.48. The molecule has 0 radical (unpaired) electrons. The summed E-state index contributed by atoms with van der Waals surface area (Å²) in [7, 11) is -1.10. The van der Waals surface area contributed by atoms with Crippen LogP contribution in [0.15, 0.2) is 24.3 Å². The summed E-state index contributed by atoms with van der Waals surface area (Å²) in [6.07, 6.45) is -0.449. The predicted octanol–water partition coefficient (Wildman–Crippen LogP) is 0.140. The molecule has 74 valence electrons. The first-order valence-corrected chi connectivity index (χ1v) is 4.75. The number of fused-ring (bicyclic) bond motifs is 1. The van der Waals surface area contributed by atoms with Gasteiger partial charge in [0, 0.05) is 6.42 Å². The van der Waals surface area contributed by atoms with Crippen LogP contribution in [0.1, 0.15) is 17.2 Å². The Morgan fingerprint density at radius 2 is 2.21 bits per heavy atom. The SMILES string of the molecule is CB([O-])O[C@H]1c2ccccc2C[C@H]1O. The van der Waals surface area contributed by atoms with Gasteiger partial charge in [0.1, 0.15) is 0 Å². The van der Waals surface area contributed by atoms with Gasteiger partial charge in [-0.3, -0.25) is 0 Å². The second-order valence-electron chi connectivity index (χ2n) is 3.59. The highest BCUT2D eigenvalue weighted by Crippen LogP contribution is 2.33. The van der Waals surface area contributed by atoms with E-state index in [1.165, 1.54) is 6.82 Å². The van der Waals surface area contributed by atoms with Gasteiger partial charge >= 0.3 is 0 Å². The van der Waals surface area contributed by atoms with Crippen LogP contribution in [-0.4, -0.2) is 18.3 Å². The zero-order chi connectivity index (χ0) is 10.1. The van der Waals surface area contributed by atoms with Crippen LogP contribution in [0.25, 0.3) is 0 Å². The van der Waals surface area contributed by atoms with Crippen LogP contribution in [0.3, 0.4) is 0 Å². The summed E-state index contributed by atoms with van der Waals surface area (Å²) in [4.78, 5) is 0. The maximum absolute atomic E-state index is 10.9. The van der Waals surface area contributed by atoms with Gasteiger partial charge in [0.25, 0.3) is 0 Å². The number of hydrogen-bond acceptors (Lipinski definition) is 3. The largest absolute Gasteiger partial charge is 0.856 e. The van der Waals surface area contributed by atoms with E-state index in [1.807, 2.05) is 24.3 Å². The van der Waals surface area contributed by atoms with Crippen LogP contribution in [0, 0.1) is 0 Å². The minimum atomic E-state index is -1.10. The first-order valence-electron chi connectivity index (χ1n) is 4.75. The Morgan fingerprint density at radius 3 is 2.93 bits per heavy atom. The fraction of sp³-hybridized carbons (Fsp3) is 0.400. The molecule has 0 fully saturated rings. The van der Waals surface area contributed by atoms with Crippen molar-refractivity contribution in [2.24, 2.45) is 0 Å². The second kappa shape index (κ2) is 3.73. The minimum absolute atomic E-state index is 0.446. The van der Waals surface area contributed by atoms with Crippen LogP contribution in [0.2, 0.25) is 6.82 Å². The van der Waals surface area contributed by atoms with Gasteiger partial charge in [0.05, 0.1) is 12.2 Å². The van der Waals surface area contributed by atoms with E-state index in [9.17, 15) is 10.1 Å². The summed E-state index contributed by atoms with van der Waals surface area (Å²) in [5.41, 5.74) is 2.02. The fourth-order valence-electron chi connectivity index (χ4n) is 1.91. The molecular formula is C10H12BO3-. The van der Waals surface area contributed by atoms with E-state index in [0.29, 0.717) is 6.42 Å². The highest BCUT2D eigenvalue weighted by molar-refractivity contribution is 6.38. The lowest BCUT2D eigenvalue weighted by Gasteiger charge is -2.24. The van der Waals surface area contributed by atoms with Crippen LogP contribution in [0.4, 0.5) is 0 Å². The quantitative estimate of drug-likeness (QED) is 0.676. The van der Waals surface area contributed by atoms with Crippen molar-refractivity contribution in [1.82, 2.24) is 0 Å². The van der Waals surface area contributed by atoms with Crippen molar-refractivity contribution in [2.45, 2.75) is 25.5 Å². The van der Waals surface area contributed by atoms with Crippen molar-refractivity contribution in [1.29, 1.82) is 0 Å². The Kier molecular flexibility index (Phi) is 2.59. The highest BCUT2D eigenvalue weighted by atomic mass is 16.5. The van der Waals surface area contributed by atoms with Crippen LogP contribution >= 0.6 is 0 Å². The molecule has 0 aliphatic heterocycles. The number of aliphatic hydroxyl groups is 1. The summed E-state index contributed by atoms with van der Waals surface area (Å²) in [6.45, 7) is 1.44. The molecule has 0 unspecified atom stereocenters. The van der Waals surface area contributed by atoms with Crippen molar-refractivity contribution in [3.8, 4) is 0 Å². The van der Waals surface area contributed by atoms with Gasteiger partial charge in [-0.1, -0.05) is 31.1 Å². The Hall–Kier alpha value is -0.835. The lowest BCUT2D eigenvalue weighted by Crippen LogP contribution is -2.34. The van der Waals surface area contributed by atoms with E-state index in [4.69, 9.17) is 4.65 Å². The van der Waals surface area contributed by atoms with Crippen molar-refractivity contribution in [2.75, 3.05) is 0 Å². The summed E-state index contributed by atoms with van der Waals surface area (Å²) < 4.78 is 5.14. The molecular weight excluding hydrogens is 179 g/mol. The molecule has 0 bridgehead atoms.